The molecule has 8 nitrogen and oxygen atoms in total. The van der Waals surface area contributed by atoms with Crippen LogP contribution in [0, 0.1) is 5.92 Å². The van der Waals surface area contributed by atoms with E-state index in [2.05, 4.69) is 10.2 Å². The van der Waals surface area contributed by atoms with Gasteiger partial charge in [-0.1, -0.05) is 18.2 Å². The van der Waals surface area contributed by atoms with Crippen LogP contribution in [-0.4, -0.2) is 76.0 Å². The Morgan fingerprint density at radius 1 is 1.04 bits per heavy atom. The van der Waals surface area contributed by atoms with Gasteiger partial charge in [0.25, 0.3) is 5.91 Å². The number of nitrogens with zero attached hydrogens (tertiary/aromatic N) is 5. The lowest BCUT2D eigenvalue weighted by atomic mass is 9.96. The van der Waals surface area contributed by atoms with E-state index in [4.69, 9.17) is 4.74 Å². The summed E-state index contributed by atoms with van der Waals surface area (Å²) in [6.07, 6.45) is 3.12. The Morgan fingerprint density at radius 2 is 1.81 bits per heavy atom. The van der Waals surface area contributed by atoms with E-state index in [-0.39, 0.29) is 17.7 Å². The summed E-state index contributed by atoms with van der Waals surface area (Å²) in [5, 5.41) is 8.52. The van der Waals surface area contributed by atoms with Crippen LogP contribution in [0.2, 0.25) is 0 Å². The van der Waals surface area contributed by atoms with Gasteiger partial charge in [-0.25, -0.2) is 0 Å². The quantitative estimate of drug-likeness (QED) is 0.806. The fourth-order valence-electron chi connectivity index (χ4n) is 3.61. The van der Waals surface area contributed by atoms with E-state index in [1.807, 2.05) is 35.2 Å². The number of likely N-dealkylation sites (tertiary alicyclic amines) is 1. The topological polar surface area (TPSA) is 80.6 Å². The molecular weight excluding hydrogens is 346 g/mol. The second-order valence-electron chi connectivity index (χ2n) is 6.88. The molecule has 1 aromatic heterocycles. The van der Waals surface area contributed by atoms with Crippen LogP contribution in [0.25, 0.3) is 5.69 Å². The summed E-state index contributed by atoms with van der Waals surface area (Å²) in [6, 6.07) is 9.47. The Hall–Kier alpha value is -2.74. The Labute approximate surface area is 157 Å². The fraction of sp³-hybridized carbons (Fsp3) is 0.474. The highest BCUT2D eigenvalue weighted by molar-refractivity contribution is 5.92. The number of aromatic nitrogens is 3. The van der Waals surface area contributed by atoms with Crippen molar-refractivity contribution in [3.63, 3.8) is 0 Å². The zero-order chi connectivity index (χ0) is 18.6. The Kier molecular flexibility index (Phi) is 5.15. The van der Waals surface area contributed by atoms with Gasteiger partial charge in [0.05, 0.1) is 31.0 Å². The summed E-state index contributed by atoms with van der Waals surface area (Å²) >= 11 is 0. The van der Waals surface area contributed by atoms with Crippen molar-refractivity contribution in [1.29, 1.82) is 0 Å². The standard InChI is InChI=1S/C19H23N5O3/c25-18(22-9-11-27-12-10-22)15-5-4-8-23(14-15)19(26)17-13-20-24(21-17)16-6-2-1-3-7-16/h1-3,6-7,13,15H,4-5,8-12,14H2. The first-order valence-corrected chi connectivity index (χ1v) is 9.36. The summed E-state index contributed by atoms with van der Waals surface area (Å²) < 4.78 is 5.32. The molecule has 0 saturated carbocycles. The number of rotatable bonds is 3. The molecule has 2 saturated heterocycles. The van der Waals surface area contributed by atoms with E-state index >= 15 is 0 Å². The summed E-state index contributed by atoms with van der Waals surface area (Å²) in [5.41, 5.74) is 1.11. The maximum atomic E-state index is 12.9. The molecule has 0 bridgehead atoms. The number of benzene rings is 1. The number of para-hydroxylation sites is 1. The third-order valence-corrected chi connectivity index (χ3v) is 5.08. The van der Waals surface area contributed by atoms with Gasteiger partial charge in [0.15, 0.2) is 5.69 Å². The van der Waals surface area contributed by atoms with Crippen molar-refractivity contribution in [3.05, 3.63) is 42.2 Å². The number of carbonyl (C=O) groups excluding carboxylic acids is 2. The van der Waals surface area contributed by atoms with Crippen LogP contribution in [0.3, 0.4) is 0 Å². The zero-order valence-corrected chi connectivity index (χ0v) is 15.2. The summed E-state index contributed by atoms with van der Waals surface area (Å²) in [7, 11) is 0. The highest BCUT2D eigenvalue weighted by atomic mass is 16.5. The average molecular weight is 369 g/mol. The van der Waals surface area contributed by atoms with E-state index in [9.17, 15) is 9.59 Å². The predicted molar refractivity (Wildman–Crippen MR) is 97.4 cm³/mol. The number of amides is 2. The van der Waals surface area contributed by atoms with Crippen molar-refractivity contribution in [1.82, 2.24) is 24.8 Å². The maximum absolute atomic E-state index is 12.9. The Balaban J connectivity index is 1.43. The van der Waals surface area contributed by atoms with Gasteiger partial charge in [0, 0.05) is 26.2 Å². The molecule has 4 rings (SSSR count). The first-order chi connectivity index (χ1) is 13.2. The monoisotopic (exact) mass is 369 g/mol. The van der Waals surface area contributed by atoms with Crippen molar-refractivity contribution < 1.29 is 14.3 Å². The molecule has 0 aliphatic carbocycles. The normalized spacial score (nSPS) is 20.5. The van der Waals surface area contributed by atoms with Gasteiger partial charge in [0.2, 0.25) is 5.91 Å². The number of hydrogen-bond donors (Lipinski definition) is 0. The van der Waals surface area contributed by atoms with Crippen molar-refractivity contribution in [3.8, 4) is 5.69 Å². The minimum Gasteiger partial charge on any atom is -0.378 e. The summed E-state index contributed by atoms with van der Waals surface area (Å²) in [6.45, 7) is 3.52. The first-order valence-electron chi connectivity index (χ1n) is 9.36. The highest BCUT2D eigenvalue weighted by Gasteiger charge is 2.32. The largest absolute Gasteiger partial charge is 0.378 e. The molecule has 0 radical (unpaired) electrons. The van der Waals surface area contributed by atoms with Gasteiger partial charge >= 0.3 is 0 Å². The van der Waals surface area contributed by atoms with E-state index in [0.717, 1.165) is 18.5 Å². The Bertz CT molecular complexity index is 801. The van der Waals surface area contributed by atoms with Crippen LogP contribution in [-0.2, 0) is 9.53 Å². The van der Waals surface area contributed by atoms with Crippen LogP contribution in [0.5, 0.6) is 0 Å². The fourth-order valence-corrected chi connectivity index (χ4v) is 3.61. The molecule has 3 heterocycles. The number of piperidine rings is 1. The minimum atomic E-state index is -0.170. The number of morpholine rings is 1. The molecule has 2 aromatic rings. The van der Waals surface area contributed by atoms with Crippen molar-refractivity contribution in [2.45, 2.75) is 12.8 Å². The second-order valence-corrected chi connectivity index (χ2v) is 6.88. The van der Waals surface area contributed by atoms with Crippen LogP contribution in [0.4, 0.5) is 0 Å². The van der Waals surface area contributed by atoms with Gasteiger partial charge < -0.3 is 14.5 Å². The summed E-state index contributed by atoms with van der Waals surface area (Å²) in [4.78, 5) is 30.6. The molecule has 8 heteroatoms. The predicted octanol–water partition coefficient (Wildman–Crippen LogP) is 0.978. The lowest BCUT2D eigenvalue weighted by Gasteiger charge is -2.35. The SMILES string of the molecule is O=C(c1cnn(-c2ccccc2)n1)N1CCCC(C(=O)N2CCOCC2)C1. The molecule has 0 N–H and O–H groups in total. The molecule has 2 amide bonds. The molecule has 2 aliphatic rings. The van der Waals surface area contributed by atoms with Crippen molar-refractivity contribution in [2.75, 3.05) is 39.4 Å². The van der Waals surface area contributed by atoms with E-state index in [1.165, 1.54) is 11.0 Å². The van der Waals surface area contributed by atoms with Gasteiger partial charge in [-0.15, -0.1) is 5.10 Å². The average Bonchev–Trinajstić information content (AvgIpc) is 3.24. The lowest BCUT2D eigenvalue weighted by Crippen LogP contribution is -2.49. The molecule has 1 unspecified atom stereocenters. The van der Waals surface area contributed by atoms with Crippen LogP contribution in [0.1, 0.15) is 23.3 Å². The number of carbonyl (C=O) groups is 2. The van der Waals surface area contributed by atoms with E-state index < -0.39 is 0 Å². The lowest BCUT2D eigenvalue weighted by molar-refractivity contribution is -0.141. The van der Waals surface area contributed by atoms with Gasteiger partial charge in [-0.2, -0.15) is 9.90 Å². The van der Waals surface area contributed by atoms with Crippen molar-refractivity contribution >= 4 is 11.8 Å². The van der Waals surface area contributed by atoms with Gasteiger partial charge in [-0.3, -0.25) is 9.59 Å². The first kappa shape index (κ1) is 17.7. The maximum Gasteiger partial charge on any atom is 0.276 e. The highest BCUT2D eigenvalue weighted by Crippen LogP contribution is 2.21. The molecule has 142 valence electrons. The third-order valence-electron chi connectivity index (χ3n) is 5.08. The van der Waals surface area contributed by atoms with Crippen molar-refractivity contribution in [2.24, 2.45) is 5.92 Å². The van der Waals surface area contributed by atoms with Crippen LogP contribution >= 0.6 is 0 Å². The smallest absolute Gasteiger partial charge is 0.276 e. The van der Waals surface area contributed by atoms with E-state index in [1.54, 1.807) is 4.90 Å². The minimum absolute atomic E-state index is 0.128. The third kappa shape index (κ3) is 3.85. The molecule has 1 aromatic carbocycles. The van der Waals surface area contributed by atoms with Crippen LogP contribution in [0.15, 0.2) is 36.5 Å². The number of hydrogen-bond acceptors (Lipinski definition) is 5. The molecule has 2 fully saturated rings. The zero-order valence-electron chi connectivity index (χ0n) is 15.2. The second kappa shape index (κ2) is 7.87. The van der Waals surface area contributed by atoms with E-state index in [0.29, 0.717) is 45.1 Å². The van der Waals surface area contributed by atoms with Crippen LogP contribution < -0.4 is 0 Å². The number of ether oxygens (including phenoxy) is 1. The molecule has 1 atom stereocenters. The molecule has 0 spiro atoms. The van der Waals surface area contributed by atoms with Gasteiger partial charge in [0.1, 0.15) is 0 Å². The molecule has 27 heavy (non-hydrogen) atoms. The Morgan fingerprint density at radius 3 is 2.59 bits per heavy atom. The molecule has 2 aliphatic heterocycles. The molecular formula is C19H23N5O3. The van der Waals surface area contributed by atoms with Gasteiger partial charge in [-0.05, 0) is 25.0 Å². The summed E-state index contributed by atoms with van der Waals surface area (Å²) in [5.74, 6) is -0.189.